The second kappa shape index (κ2) is 12.7. The Hall–Kier alpha value is -3.22. The summed E-state index contributed by atoms with van der Waals surface area (Å²) in [6, 6.07) is 14.8. The molecule has 3 rings (SSSR count). The fourth-order valence-corrected chi connectivity index (χ4v) is 3.57. The molecule has 0 bridgehead atoms. The number of nitrogens with zero attached hydrogens (tertiary/aromatic N) is 1. The first-order valence-corrected chi connectivity index (χ1v) is 11.8. The summed E-state index contributed by atoms with van der Waals surface area (Å²) in [6.07, 6.45) is 4.66. The van der Waals surface area contributed by atoms with Crippen molar-refractivity contribution in [3.05, 3.63) is 54.1 Å². The molecule has 1 aliphatic rings. The summed E-state index contributed by atoms with van der Waals surface area (Å²) in [7, 11) is 0. The molecular formula is C26H34N2O5. The van der Waals surface area contributed by atoms with Gasteiger partial charge in [-0.3, -0.25) is 0 Å². The second-order valence-electron chi connectivity index (χ2n) is 8.33. The van der Waals surface area contributed by atoms with Gasteiger partial charge in [0.2, 0.25) is 0 Å². The molecule has 0 aromatic heterocycles. The van der Waals surface area contributed by atoms with Crippen LogP contribution in [0.1, 0.15) is 51.0 Å². The summed E-state index contributed by atoms with van der Waals surface area (Å²) < 4.78 is 16.8. The van der Waals surface area contributed by atoms with Crippen LogP contribution in [0, 0.1) is 6.92 Å². The Kier molecular flexibility index (Phi) is 9.42. The Morgan fingerprint density at radius 2 is 1.52 bits per heavy atom. The molecule has 0 aliphatic carbocycles. The van der Waals surface area contributed by atoms with Gasteiger partial charge in [-0.1, -0.05) is 43.9 Å². The van der Waals surface area contributed by atoms with Gasteiger partial charge in [-0.25, -0.2) is 9.59 Å². The summed E-state index contributed by atoms with van der Waals surface area (Å²) in [5.41, 5.74) is 1.17. The standard InChI is InChI=1S/C26H34N2O5/c1-3-4-5-6-17-27-25(29)32-24-15-18-28(19-16-24)26(30)33-23-13-11-22(12-14-23)31-21-9-7-20(2)8-10-21/h7-14,24H,3-6,15-19H2,1-2H3,(H,27,29). The Labute approximate surface area is 196 Å². The Balaban J connectivity index is 1.36. The van der Waals surface area contributed by atoms with Gasteiger partial charge in [0.1, 0.15) is 23.4 Å². The lowest BCUT2D eigenvalue weighted by atomic mass is 10.1. The molecular weight excluding hydrogens is 420 g/mol. The van der Waals surface area contributed by atoms with E-state index < -0.39 is 6.09 Å². The number of likely N-dealkylation sites (tertiary alicyclic amines) is 1. The number of hydrogen-bond donors (Lipinski definition) is 1. The van der Waals surface area contributed by atoms with E-state index in [1.807, 2.05) is 31.2 Å². The number of amides is 2. The van der Waals surface area contributed by atoms with Crippen molar-refractivity contribution < 1.29 is 23.8 Å². The highest BCUT2D eigenvalue weighted by atomic mass is 16.6. The third kappa shape index (κ3) is 8.33. The summed E-state index contributed by atoms with van der Waals surface area (Å²) in [5.74, 6) is 1.87. The van der Waals surface area contributed by atoms with Crippen LogP contribution in [0.5, 0.6) is 17.2 Å². The minimum absolute atomic E-state index is 0.178. The van der Waals surface area contributed by atoms with Crippen molar-refractivity contribution in [1.29, 1.82) is 0 Å². The maximum absolute atomic E-state index is 12.5. The molecule has 178 valence electrons. The van der Waals surface area contributed by atoms with Crippen molar-refractivity contribution >= 4 is 12.2 Å². The Morgan fingerprint density at radius 3 is 2.15 bits per heavy atom. The molecule has 2 aromatic rings. The molecule has 0 unspecified atom stereocenters. The van der Waals surface area contributed by atoms with Crippen LogP contribution >= 0.6 is 0 Å². The molecule has 7 heteroatoms. The number of hydrogen-bond acceptors (Lipinski definition) is 5. The zero-order chi connectivity index (χ0) is 23.5. The third-order valence-corrected chi connectivity index (χ3v) is 5.56. The van der Waals surface area contributed by atoms with Gasteiger partial charge in [-0.2, -0.15) is 0 Å². The van der Waals surface area contributed by atoms with E-state index in [4.69, 9.17) is 14.2 Å². The second-order valence-corrected chi connectivity index (χ2v) is 8.33. The molecule has 0 saturated carbocycles. The van der Waals surface area contributed by atoms with Gasteiger partial charge in [-0.15, -0.1) is 0 Å². The van der Waals surface area contributed by atoms with E-state index in [1.54, 1.807) is 29.2 Å². The molecule has 0 radical (unpaired) electrons. The summed E-state index contributed by atoms with van der Waals surface area (Å²) >= 11 is 0. The predicted octanol–water partition coefficient (Wildman–Crippen LogP) is 6.06. The average Bonchev–Trinajstić information content (AvgIpc) is 2.82. The highest BCUT2D eigenvalue weighted by molar-refractivity contribution is 5.71. The molecule has 2 aromatic carbocycles. The van der Waals surface area contributed by atoms with Gasteiger partial charge >= 0.3 is 12.2 Å². The van der Waals surface area contributed by atoms with Gasteiger partial charge in [0, 0.05) is 32.5 Å². The fourth-order valence-electron chi connectivity index (χ4n) is 3.57. The Morgan fingerprint density at radius 1 is 0.909 bits per heavy atom. The van der Waals surface area contributed by atoms with Crippen LogP contribution in [0.3, 0.4) is 0 Å². The predicted molar refractivity (Wildman–Crippen MR) is 127 cm³/mol. The molecule has 0 spiro atoms. The van der Waals surface area contributed by atoms with Gasteiger partial charge in [-0.05, 0) is 49.7 Å². The first-order valence-electron chi connectivity index (χ1n) is 11.8. The third-order valence-electron chi connectivity index (χ3n) is 5.56. The number of benzene rings is 2. The van der Waals surface area contributed by atoms with Crippen LogP contribution in [-0.4, -0.2) is 42.8 Å². The summed E-state index contributed by atoms with van der Waals surface area (Å²) in [6.45, 7) is 5.79. The van der Waals surface area contributed by atoms with Crippen molar-refractivity contribution in [2.24, 2.45) is 0 Å². The molecule has 33 heavy (non-hydrogen) atoms. The Bertz CT molecular complexity index is 875. The van der Waals surface area contributed by atoms with Crippen molar-refractivity contribution in [2.45, 2.75) is 58.5 Å². The molecule has 1 saturated heterocycles. The number of rotatable bonds is 9. The number of ether oxygens (including phenoxy) is 3. The summed E-state index contributed by atoms with van der Waals surface area (Å²) in [4.78, 5) is 26.0. The molecule has 1 N–H and O–H groups in total. The largest absolute Gasteiger partial charge is 0.457 e. The lowest BCUT2D eigenvalue weighted by molar-refractivity contribution is 0.0525. The van der Waals surface area contributed by atoms with Crippen LogP contribution in [0.15, 0.2) is 48.5 Å². The van der Waals surface area contributed by atoms with Crippen LogP contribution in [-0.2, 0) is 4.74 Å². The number of aryl methyl sites for hydroxylation is 1. The number of unbranched alkanes of at least 4 members (excludes halogenated alkanes) is 3. The van der Waals surface area contributed by atoms with E-state index in [0.29, 0.717) is 44.0 Å². The topological polar surface area (TPSA) is 77.1 Å². The lowest BCUT2D eigenvalue weighted by Gasteiger charge is -2.30. The van der Waals surface area contributed by atoms with Crippen molar-refractivity contribution in [2.75, 3.05) is 19.6 Å². The average molecular weight is 455 g/mol. The smallest absolute Gasteiger partial charge is 0.415 e. The zero-order valence-electron chi connectivity index (χ0n) is 19.5. The van der Waals surface area contributed by atoms with E-state index >= 15 is 0 Å². The lowest BCUT2D eigenvalue weighted by Crippen LogP contribution is -2.43. The monoisotopic (exact) mass is 454 g/mol. The van der Waals surface area contributed by atoms with Crippen LogP contribution in [0.4, 0.5) is 9.59 Å². The number of carbonyl (C=O) groups excluding carboxylic acids is 2. The number of nitrogens with one attached hydrogen (secondary N) is 1. The molecule has 1 aliphatic heterocycles. The highest BCUT2D eigenvalue weighted by Gasteiger charge is 2.26. The van der Waals surface area contributed by atoms with Crippen molar-refractivity contribution in [1.82, 2.24) is 10.2 Å². The molecule has 7 nitrogen and oxygen atoms in total. The van der Waals surface area contributed by atoms with E-state index in [-0.39, 0.29) is 12.2 Å². The molecule has 0 atom stereocenters. The first-order chi connectivity index (χ1) is 16.0. The number of piperidine rings is 1. The van der Waals surface area contributed by atoms with Crippen molar-refractivity contribution in [3.8, 4) is 17.2 Å². The molecule has 1 fully saturated rings. The zero-order valence-corrected chi connectivity index (χ0v) is 19.5. The number of carbonyl (C=O) groups is 2. The van der Waals surface area contributed by atoms with E-state index in [2.05, 4.69) is 12.2 Å². The highest BCUT2D eigenvalue weighted by Crippen LogP contribution is 2.25. The first kappa shape index (κ1) is 24.4. The SMILES string of the molecule is CCCCCCNC(=O)OC1CCN(C(=O)Oc2ccc(Oc3ccc(C)cc3)cc2)CC1. The van der Waals surface area contributed by atoms with Crippen LogP contribution in [0.25, 0.3) is 0 Å². The van der Waals surface area contributed by atoms with Gasteiger partial charge in [0.05, 0.1) is 0 Å². The molecule has 2 amide bonds. The minimum Gasteiger partial charge on any atom is -0.457 e. The fraction of sp³-hybridized carbons (Fsp3) is 0.462. The summed E-state index contributed by atoms with van der Waals surface area (Å²) in [5, 5.41) is 2.80. The van der Waals surface area contributed by atoms with Gasteiger partial charge < -0.3 is 24.4 Å². The number of alkyl carbamates (subject to hydrolysis) is 1. The van der Waals surface area contributed by atoms with Crippen molar-refractivity contribution in [3.63, 3.8) is 0 Å². The minimum atomic E-state index is -0.402. The van der Waals surface area contributed by atoms with E-state index in [9.17, 15) is 9.59 Å². The van der Waals surface area contributed by atoms with Gasteiger partial charge in [0.25, 0.3) is 0 Å². The normalized spacial score (nSPS) is 13.9. The van der Waals surface area contributed by atoms with Crippen LogP contribution < -0.4 is 14.8 Å². The maximum Gasteiger partial charge on any atom is 0.415 e. The molecule has 1 heterocycles. The maximum atomic E-state index is 12.5. The van der Waals surface area contributed by atoms with E-state index in [0.717, 1.165) is 18.6 Å². The quantitative estimate of drug-likeness (QED) is 0.466. The van der Waals surface area contributed by atoms with Gasteiger partial charge in [0.15, 0.2) is 0 Å². The van der Waals surface area contributed by atoms with E-state index in [1.165, 1.54) is 18.4 Å². The van der Waals surface area contributed by atoms with Crippen LogP contribution in [0.2, 0.25) is 0 Å².